The van der Waals surface area contributed by atoms with Crippen LogP contribution in [0.15, 0.2) is 90.5 Å². The Hall–Kier alpha value is -4.33. The van der Waals surface area contributed by atoms with Gasteiger partial charge >= 0.3 is 5.97 Å². The molecule has 4 aromatic rings. The number of aromatic nitrogens is 1. The van der Waals surface area contributed by atoms with Crippen molar-refractivity contribution < 1.29 is 23.9 Å². The van der Waals surface area contributed by atoms with Gasteiger partial charge in [0.15, 0.2) is 6.10 Å². The molecule has 0 radical (unpaired) electrons. The molecule has 7 nitrogen and oxygen atoms in total. The van der Waals surface area contributed by atoms with Crippen LogP contribution < -0.4 is 4.90 Å². The molecule has 2 amide bonds. The lowest BCUT2D eigenvalue weighted by Gasteiger charge is -2.19. The number of imide groups is 1. The molecule has 0 spiro atoms. The van der Waals surface area contributed by atoms with Gasteiger partial charge in [-0.3, -0.25) is 19.3 Å². The van der Waals surface area contributed by atoms with Crippen LogP contribution in [0.25, 0.3) is 22.2 Å². The fraction of sp³-hybridized carbons (Fsp3) is 0.250. The smallest absolute Gasteiger partial charge is 0.339 e. The van der Waals surface area contributed by atoms with E-state index in [-0.39, 0.29) is 59.1 Å². The summed E-state index contributed by atoms with van der Waals surface area (Å²) in [4.78, 5) is 59.8. The van der Waals surface area contributed by atoms with Crippen LogP contribution in [0.1, 0.15) is 40.5 Å². The number of halogens is 2. The van der Waals surface area contributed by atoms with Crippen LogP contribution in [0.5, 0.6) is 0 Å². The summed E-state index contributed by atoms with van der Waals surface area (Å²) in [6.07, 6.45) is 2.09. The maximum atomic E-state index is 13.6. The lowest BCUT2D eigenvalue weighted by Crippen LogP contribution is -2.32. The SMILES string of the molecule is CC1=CC2CC1C1C(=O)N(c3ccc(-c4cc(C(=O)OC(CCCl)C(=O)c5ccc(Cl)cc5)c5ccccc5n4)cc3)C(=O)C21. The molecular weight excluding hydrogens is 611 g/mol. The summed E-state index contributed by atoms with van der Waals surface area (Å²) in [5.41, 5.74) is 4.09. The van der Waals surface area contributed by atoms with E-state index in [1.165, 1.54) is 10.5 Å². The van der Waals surface area contributed by atoms with Crippen LogP contribution in [-0.2, 0) is 14.3 Å². The molecule has 2 aliphatic carbocycles. The van der Waals surface area contributed by atoms with Crippen LogP contribution in [-0.4, -0.2) is 40.5 Å². The first-order valence-corrected chi connectivity index (χ1v) is 15.8. The number of anilines is 1. The quantitative estimate of drug-likeness (QED) is 0.0661. The first-order valence-electron chi connectivity index (χ1n) is 14.9. The molecule has 1 aromatic heterocycles. The van der Waals surface area contributed by atoms with Crippen molar-refractivity contribution in [3.8, 4) is 11.3 Å². The minimum absolute atomic E-state index is 0.118. The average molecular weight is 640 g/mol. The minimum Gasteiger partial charge on any atom is -0.450 e. The molecule has 45 heavy (non-hydrogen) atoms. The second-order valence-electron chi connectivity index (χ2n) is 11.8. The van der Waals surface area contributed by atoms with Gasteiger partial charge in [-0.15, -0.1) is 11.6 Å². The van der Waals surface area contributed by atoms with Gasteiger partial charge in [0, 0.05) is 33.8 Å². The number of benzene rings is 3. The zero-order chi connectivity index (χ0) is 31.4. The van der Waals surface area contributed by atoms with Crippen molar-refractivity contribution >= 4 is 63.4 Å². The zero-order valence-electron chi connectivity index (χ0n) is 24.3. The number of allylic oxidation sites excluding steroid dienone is 2. The number of ether oxygens (including phenoxy) is 1. The third-order valence-electron chi connectivity index (χ3n) is 9.28. The van der Waals surface area contributed by atoms with E-state index < -0.39 is 12.1 Å². The zero-order valence-corrected chi connectivity index (χ0v) is 25.8. The summed E-state index contributed by atoms with van der Waals surface area (Å²) in [6.45, 7) is 2.05. The van der Waals surface area contributed by atoms with Gasteiger partial charge in [-0.25, -0.2) is 9.78 Å². The third kappa shape index (κ3) is 5.04. The topological polar surface area (TPSA) is 93.6 Å². The molecule has 0 N–H and O–H groups in total. The fourth-order valence-electron chi connectivity index (χ4n) is 7.14. The normalized spacial score (nSPS) is 22.5. The van der Waals surface area contributed by atoms with E-state index in [1.54, 1.807) is 72.8 Å². The summed E-state index contributed by atoms with van der Waals surface area (Å²) in [5, 5.41) is 1.06. The lowest BCUT2D eigenvalue weighted by molar-refractivity contribution is -0.123. The standard InChI is InChI=1S/C36H28Cl2N2O5/c1-19-16-22-17-26(19)32-31(22)34(42)40(35(32)43)24-12-8-20(9-13-24)29-18-27(25-4-2-3-5-28(25)39-29)36(44)45-30(14-15-37)33(41)21-6-10-23(38)11-7-21/h2-13,16,18,22,26,30-32H,14-15,17H2,1H3. The van der Waals surface area contributed by atoms with Crippen LogP contribution in [0.3, 0.4) is 0 Å². The molecular formula is C36H28Cl2N2O5. The second-order valence-corrected chi connectivity index (χ2v) is 12.7. The van der Waals surface area contributed by atoms with Gasteiger partial charge in [0.25, 0.3) is 0 Å². The Bertz CT molecular complexity index is 1900. The van der Waals surface area contributed by atoms with Crippen molar-refractivity contribution in [2.75, 3.05) is 10.8 Å². The number of rotatable bonds is 8. The number of carbonyl (C=O) groups is 4. The van der Waals surface area contributed by atoms with Crippen LogP contribution in [0.2, 0.25) is 5.02 Å². The predicted molar refractivity (Wildman–Crippen MR) is 172 cm³/mol. The highest BCUT2D eigenvalue weighted by Crippen LogP contribution is 2.56. The molecule has 226 valence electrons. The number of nitrogens with zero attached hydrogens (tertiary/aromatic N) is 2. The molecule has 2 heterocycles. The Kier molecular flexibility index (Phi) is 7.54. The number of fused-ring (bicyclic) bond motifs is 6. The Morgan fingerprint density at radius 2 is 1.69 bits per heavy atom. The molecule has 7 rings (SSSR count). The number of ketones is 1. The van der Waals surface area contributed by atoms with Crippen LogP contribution in [0, 0.1) is 23.7 Å². The van der Waals surface area contributed by atoms with Gasteiger partial charge in [-0.1, -0.05) is 53.6 Å². The molecule has 1 aliphatic heterocycles. The van der Waals surface area contributed by atoms with E-state index in [2.05, 4.69) is 6.08 Å². The number of pyridine rings is 1. The van der Waals surface area contributed by atoms with Crippen molar-refractivity contribution in [1.29, 1.82) is 0 Å². The predicted octanol–water partition coefficient (Wildman–Crippen LogP) is 7.29. The van der Waals surface area contributed by atoms with Crippen molar-refractivity contribution in [2.24, 2.45) is 23.7 Å². The number of hydrogen-bond donors (Lipinski definition) is 0. The monoisotopic (exact) mass is 638 g/mol. The number of esters is 1. The third-order valence-corrected chi connectivity index (χ3v) is 9.75. The van der Waals surface area contributed by atoms with Crippen molar-refractivity contribution in [3.05, 3.63) is 107 Å². The molecule has 9 heteroatoms. The molecule has 1 saturated carbocycles. The Labute approximate surface area is 269 Å². The maximum Gasteiger partial charge on any atom is 0.339 e. The van der Waals surface area contributed by atoms with E-state index in [0.29, 0.717) is 38.4 Å². The van der Waals surface area contributed by atoms with E-state index >= 15 is 0 Å². The van der Waals surface area contributed by atoms with Crippen LogP contribution >= 0.6 is 23.2 Å². The number of amides is 2. The van der Waals surface area contributed by atoms with Crippen molar-refractivity contribution in [2.45, 2.75) is 25.9 Å². The number of alkyl halides is 1. The second kappa shape index (κ2) is 11.5. The van der Waals surface area contributed by atoms with Crippen molar-refractivity contribution in [1.82, 2.24) is 4.98 Å². The highest BCUT2D eigenvalue weighted by molar-refractivity contribution is 6.30. The number of carbonyl (C=O) groups excluding carboxylic acids is 4. The molecule has 5 atom stereocenters. The highest BCUT2D eigenvalue weighted by Gasteiger charge is 2.60. The van der Waals surface area contributed by atoms with Gasteiger partial charge in [0.2, 0.25) is 17.6 Å². The number of para-hydroxylation sites is 1. The minimum atomic E-state index is -1.09. The van der Waals surface area contributed by atoms with Gasteiger partial charge < -0.3 is 4.74 Å². The van der Waals surface area contributed by atoms with E-state index in [1.807, 2.05) is 13.0 Å². The fourth-order valence-corrected chi connectivity index (χ4v) is 7.46. The van der Waals surface area contributed by atoms with Crippen molar-refractivity contribution in [3.63, 3.8) is 0 Å². The van der Waals surface area contributed by atoms with Gasteiger partial charge in [0.05, 0.1) is 34.3 Å². The average Bonchev–Trinajstić information content (AvgIpc) is 3.69. The molecule has 2 fully saturated rings. The Balaban J connectivity index is 1.17. The molecule has 2 bridgehead atoms. The summed E-state index contributed by atoms with van der Waals surface area (Å²) in [6, 6.07) is 22.2. The molecule has 5 unspecified atom stereocenters. The van der Waals surface area contributed by atoms with Crippen LogP contribution in [0.4, 0.5) is 5.69 Å². The van der Waals surface area contributed by atoms with E-state index in [4.69, 9.17) is 32.9 Å². The number of Topliss-reactive ketones (excluding diaryl/α,β-unsaturated/α-hetero) is 1. The Morgan fingerprint density at radius 1 is 0.978 bits per heavy atom. The summed E-state index contributed by atoms with van der Waals surface area (Å²) in [5.74, 6) is -1.49. The first kappa shape index (κ1) is 29.4. The lowest BCUT2D eigenvalue weighted by atomic mass is 9.82. The molecule has 3 aliphatic rings. The summed E-state index contributed by atoms with van der Waals surface area (Å²) in [7, 11) is 0. The largest absolute Gasteiger partial charge is 0.450 e. The van der Waals surface area contributed by atoms with E-state index in [0.717, 1.165) is 6.42 Å². The van der Waals surface area contributed by atoms with Gasteiger partial charge in [0.1, 0.15) is 0 Å². The maximum absolute atomic E-state index is 13.6. The summed E-state index contributed by atoms with van der Waals surface area (Å²) >= 11 is 12.0. The van der Waals surface area contributed by atoms with E-state index in [9.17, 15) is 19.2 Å². The molecule has 1 saturated heterocycles. The van der Waals surface area contributed by atoms with Gasteiger partial charge in [-0.2, -0.15) is 0 Å². The first-order chi connectivity index (χ1) is 21.7. The highest BCUT2D eigenvalue weighted by atomic mass is 35.5. The Morgan fingerprint density at radius 3 is 2.42 bits per heavy atom. The molecule has 3 aromatic carbocycles. The number of hydrogen-bond acceptors (Lipinski definition) is 6. The summed E-state index contributed by atoms with van der Waals surface area (Å²) < 4.78 is 5.78. The van der Waals surface area contributed by atoms with Gasteiger partial charge in [-0.05, 0) is 73.7 Å².